The number of nitrogens with zero attached hydrogens (tertiary/aromatic N) is 1. The van der Waals surface area contributed by atoms with Gasteiger partial charge in [-0.2, -0.15) is 0 Å². The molecule has 1 heterocycles. The van der Waals surface area contributed by atoms with Crippen molar-refractivity contribution in [2.45, 2.75) is 46.5 Å². The summed E-state index contributed by atoms with van der Waals surface area (Å²) in [6.45, 7) is 8.85. The van der Waals surface area contributed by atoms with Crippen LogP contribution in [0.25, 0.3) is 10.9 Å². The first kappa shape index (κ1) is 16.8. The number of hydrogen-bond donors (Lipinski definition) is 0. The normalized spacial score (nSPS) is 12.5. The standard InChI is InChI=1S/C22H26BN/c1-5-17-12-20-10-9-18(13-22(20)24-16(17)4)14(2)11-19-7-6-8-21(23)15(19)3/h6-10,12-14H,5,11,23H2,1-4H3. The van der Waals surface area contributed by atoms with E-state index in [-0.39, 0.29) is 0 Å². The van der Waals surface area contributed by atoms with Gasteiger partial charge in [0.2, 0.25) is 0 Å². The average Bonchev–Trinajstić information content (AvgIpc) is 2.57. The topological polar surface area (TPSA) is 12.9 Å². The largest absolute Gasteiger partial charge is 0.253 e. The van der Waals surface area contributed by atoms with E-state index in [2.05, 4.69) is 78.0 Å². The van der Waals surface area contributed by atoms with Crippen molar-refractivity contribution in [3.63, 3.8) is 0 Å². The number of rotatable bonds is 4. The molecule has 0 radical (unpaired) electrons. The highest BCUT2D eigenvalue weighted by Gasteiger charge is 2.11. The molecule has 0 aliphatic rings. The molecule has 2 aromatic carbocycles. The molecule has 0 N–H and O–H groups in total. The van der Waals surface area contributed by atoms with Crippen LogP contribution in [0.15, 0.2) is 42.5 Å². The maximum atomic E-state index is 4.83. The summed E-state index contributed by atoms with van der Waals surface area (Å²) in [6, 6.07) is 15.7. The van der Waals surface area contributed by atoms with E-state index in [4.69, 9.17) is 4.98 Å². The Balaban J connectivity index is 1.92. The second-order valence-corrected chi connectivity index (χ2v) is 7.00. The number of hydrogen-bond acceptors (Lipinski definition) is 1. The summed E-state index contributed by atoms with van der Waals surface area (Å²) in [5, 5.41) is 1.25. The SMILES string of the molecule is Bc1cccc(CC(C)c2ccc3cc(CC)c(C)nc3c2)c1C. The van der Waals surface area contributed by atoms with Crippen LogP contribution in [-0.2, 0) is 12.8 Å². The van der Waals surface area contributed by atoms with Gasteiger partial charge in [0.15, 0.2) is 0 Å². The third-order valence-corrected chi connectivity index (χ3v) is 5.33. The van der Waals surface area contributed by atoms with E-state index in [1.165, 1.54) is 33.1 Å². The number of aromatic nitrogens is 1. The molecule has 2 heteroatoms. The van der Waals surface area contributed by atoms with Crippen molar-refractivity contribution in [2.24, 2.45) is 0 Å². The van der Waals surface area contributed by atoms with Gasteiger partial charge in [-0.15, -0.1) is 0 Å². The highest BCUT2D eigenvalue weighted by atomic mass is 14.7. The summed E-state index contributed by atoms with van der Waals surface area (Å²) in [6.07, 6.45) is 2.12. The molecule has 3 rings (SSSR count). The monoisotopic (exact) mass is 315 g/mol. The van der Waals surface area contributed by atoms with Gasteiger partial charge in [0, 0.05) is 11.1 Å². The zero-order valence-electron chi connectivity index (χ0n) is 15.5. The average molecular weight is 315 g/mol. The van der Waals surface area contributed by atoms with Gasteiger partial charge in [0.1, 0.15) is 7.85 Å². The van der Waals surface area contributed by atoms with Crippen molar-refractivity contribution in [1.82, 2.24) is 4.98 Å². The van der Waals surface area contributed by atoms with E-state index in [1.807, 2.05) is 0 Å². The maximum absolute atomic E-state index is 4.83. The zero-order valence-corrected chi connectivity index (χ0v) is 15.5. The summed E-state index contributed by atoms with van der Waals surface area (Å²) < 4.78 is 0. The maximum Gasteiger partial charge on any atom is 0.139 e. The Morgan fingerprint density at radius 2 is 1.83 bits per heavy atom. The van der Waals surface area contributed by atoms with Crippen LogP contribution in [0, 0.1) is 13.8 Å². The fourth-order valence-electron chi connectivity index (χ4n) is 3.47. The van der Waals surface area contributed by atoms with Gasteiger partial charge in [-0.05, 0) is 61.4 Å². The predicted octanol–water partition coefficient (Wildman–Crippen LogP) is 4.02. The molecule has 1 nitrogen and oxygen atoms in total. The van der Waals surface area contributed by atoms with Crippen LogP contribution in [0.3, 0.4) is 0 Å². The lowest BCUT2D eigenvalue weighted by Gasteiger charge is -2.16. The Morgan fingerprint density at radius 1 is 1.04 bits per heavy atom. The zero-order chi connectivity index (χ0) is 17.3. The predicted molar refractivity (Wildman–Crippen MR) is 107 cm³/mol. The highest BCUT2D eigenvalue weighted by molar-refractivity contribution is 6.33. The van der Waals surface area contributed by atoms with Gasteiger partial charge in [-0.1, -0.05) is 55.2 Å². The molecule has 0 aliphatic heterocycles. The van der Waals surface area contributed by atoms with Gasteiger partial charge in [-0.3, -0.25) is 4.98 Å². The Bertz CT molecular complexity index is 883. The fourth-order valence-corrected chi connectivity index (χ4v) is 3.47. The first-order valence-electron chi connectivity index (χ1n) is 8.95. The van der Waals surface area contributed by atoms with Crippen molar-refractivity contribution < 1.29 is 0 Å². The van der Waals surface area contributed by atoms with Gasteiger partial charge in [-0.25, -0.2) is 0 Å². The number of fused-ring (bicyclic) bond motifs is 1. The Morgan fingerprint density at radius 3 is 2.58 bits per heavy atom. The molecule has 1 atom stereocenters. The van der Waals surface area contributed by atoms with E-state index in [1.54, 1.807) is 0 Å². The number of aryl methyl sites for hydroxylation is 2. The van der Waals surface area contributed by atoms with Crippen molar-refractivity contribution in [3.8, 4) is 0 Å². The van der Waals surface area contributed by atoms with Gasteiger partial charge < -0.3 is 0 Å². The van der Waals surface area contributed by atoms with Crippen molar-refractivity contribution in [1.29, 1.82) is 0 Å². The smallest absolute Gasteiger partial charge is 0.139 e. The first-order valence-corrected chi connectivity index (χ1v) is 8.95. The molecule has 0 aliphatic carbocycles. The summed E-state index contributed by atoms with van der Waals surface area (Å²) in [5.74, 6) is 0.489. The lowest BCUT2D eigenvalue weighted by Crippen LogP contribution is -2.11. The van der Waals surface area contributed by atoms with E-state index >= 15 is 0 Å². The van der Waals surface area contributed by atoms with Gasteiger partial charge in [0.25, 0.3) is 0 Å². The van der Waals surface area contributed by atoms with Crippen molar-refractivity contribution in [2.75, 3.05) is 0 Å². The van der Waals surface area contributed by atoms with Crippen LogP contribution in [0.2, 0.25) is 0 Å². The van der Waals surface area contributed by atoms with E-state index in [9.17, 15) is 0 Å². The molecule has 0 saturated heterocycles. The first-order chi connectivity index (χ1) is 11.5. The third kappa shape index (κ3) is 3.24. The van der Waals surface area contributed by atoms with Crippen LogP contribution in [-0.4, -0.2) is 12.8 Å². The van der Waals surface area contributed by atoms with Crippen LogP contribution in [0.1, 0.15) is 47.7 Å². The lowest BCUT2D eigenvalue weighted by molar-refractivity contribution is 0.757. The molecule has 0 bridgehead atoms. The number of pyridine rings is 1. The molecule has 3 aromatic rings. The van der Waals surface area contributed by atoms with Crippen LogP contribution < -0.4 is 5.46 Å². The second kappa shape index (κ2) is 6.80. The quantitative estimate of drug-likeness (QED) is 0.663. The molecule has 122 valence electrons. The minimum atomic E-state index is 0.489. The molecular weight excluding hydrogens is 289 g/mol. The summed E-state index contributed by atoms with van der Waals surface area (Å²) in [4.78, 5) is 4.83. The van der Waals surface area contributed by atoms with E-state index in [0.717, 1.165) is 24.1 Å². The Labute approximate surface area is 146 Å². The second-order valence-electron chi connectivity index (χ2n) is 7.00. The van der Waals surface area contributed by atoms with Crippen LogP contribution in [0.5, 0.6) is 0 Å². The molecule has 1 aromatic heterocycles. The van der Waals surface area contributed by atoms with Crippen LogP contribution in [0.4, 0.5) is 0 Å². The molecule has 0 saturated carbocycles. The Hall–Kier alpha value is -2.09. The summed E-state index contributed by atoms with van der Waals surface area (Å²) in [5.41, 5.74) is 9.25. The molecular formula is C22H26BN. The van der Waals surface area contributed by atoms with Gasteiger partial charge in [0.05, 0.1) is 5.52 Å². The van der Waals surface area contributed by atoms with Crippen molar-refractivity contribution >= 4 is 24.2 Å². The molecule has 24 heavy (non-hydrogen) atoms. The van der Waals surface area contributed by atoms with E-state index in [0.29, 0.717) is 5.92 Å². The minimum Gasteiger partial charge on any atom is -0.253 e. The number of benzene rings is 2. The minimum absolute atomic E-state index is 0.489. The molecule has 1 unspecified atom stereocenters. The molecule has 0 spiro atoms. The van der Waals surface area contributed by atoms with Crippen LogP contribution >= 0.6 is 0 Å². The van der Waals surface area contributed by atoms with E-state index < -0.39 is 0 Å². The lowest BCUT2D eigenvalue weighted by atomic mass is 9.84. The summed E-state index contributed by atoms with van der Waals surface area (Å²) >= 11 is 0. The Kier molecular flexibility index (Phi) is 4.75. The highest BCUT2D eigenvalue weighted by Crippen LogP contribution is 2.26. The molecule has 0 fully saturated rings. The molecule has 0 amide bonds. The fraction of sp³-hybridized carbons (Fsp3) is 0.318. The van der Waals surface area contributed by atoms with Crippen molar-refractivity contribution in [3.05, 3.63) is 70.4 Å². The van der Waals surface area contributed by atoms with Gasteiger partial charge >= 0.3 is 0 Å². The summed E-state index contributed by atoms with van der Waals surface area (Å²) in [7, 11) is 2.19. The third-order valence-electron chi connectivity index (χ3n) is 5.33.